The monoisotopic (exact) mass is 473 g/mol. The van der Waals surface area contributed by atoms with E-state index in [0.717, 1.165) is 0 Å². The minimum absolute atomic E-state index is 0.0268. The van der Waals surface area contributed by atoms with Gasteiger partial charge in [-0.25, -0.2) is 19.3 Å². The molecule has 0 radical (unpaired) electrons. The van der Waals surface area contributed by atoms with Crippen molar-refractivity contribution in [3.8, 4) is 0 Å². The summed E-state index contributed by atoms with van der Waals surface area (Å²) >= 11 is 5.99. The normalized spacial score (nSPS) is 19.4. The van der Waals surface area contributed by atoms with Gasteiger partial charge >= 0.3 is 6.18 Å². The molecule has 3 aromatic rings. The van der Waals surface area contributed by atoms with Crippen LogP contribution < -0.4 is 10.2 Å². The zero-order valence-electron chi connectivity index (χ0n) is 16.5. The zero-order chi connectivity index (χ0) is 23.2. The van der Waals surface area contributed by atoms with E-state index >= 15 is 0 Å². The summed E-state index contributed by atoms with van der Waals surface area (Å²) in [7, 11) is 1.68. The molecule has 9 nitrogen and oxygen atoms in total. The van der Waals surface area contributed by atoms with Gasteiger partial charge in [-0.2, -0.15) is 13.2 Å². The SMILES string of the molecule is Cn1c(N2C[C@H](F)C[C@@H](Nc3ncc(C(F)(F)F)cn3)C2)nc2cc([N+](=O)[O-])c(Cl)cc21. The Hall–Kier alpha value is -3.22. The van der Waals surface area contributed by atoms with E-state index in [2.05, 4.69) is 20.3 Å². The predicted octanol–water partition coefficient (Wildman–Crippen LogP) is 3.97. The summed E-state index contributed by atoms with van der Waals surface area (Å²) in [5.74, 6) is 0.323. The zero-order valence-corrected chi connectivity index (χ0v) is 17.2. The van der Waals surface area contributed by atoms with Crippen LogP contribution >= 0.6 is 11.6 Å². The number of piperidine rings is 1. The predicted molar refractivity (Wildman–Crippen MR) is 109 cm³/mol. The lowest BCUT2D eigenvalue weighted by Crippen LogP contribution is -2.48. The Morgan fingerprint density at radius 3 is 2.56 bits per heavy atom. The molecule has 1 aliphatic heterocycles. The van der Waals surface area contributed by atoms with E-state index < -0.39 is 28.9 Å². The molecule has 0 unspecified atom stereocenters. The van der Waals surface area contributed by atoms with Crippen LogP contribution in [0.15, 0.2) is 24.5 Å². The summed E-state index contributed by atoms with van der Waals surface area (Å²) in [6.07, 6.45) is -4.39. The van der Waals surface area contributed by atoms with Crippen LogP contribution in [0.1, 0.15) is 12.0 Å². The number of hydrogen-bond donors (Lipinski definition) is 1. The minimum Gasteiger partial charge on any atom is -0.350 e. The quantitative estimate of drug-likeness (QED) is 0.347. The first kappa shape index (κ1) is 22.0. The molecule has 2 aromatic heterocycles. The van der Waals surface area contributed by atoms with Crippen molar-refractivity contribution in [1.29, 1.82) is 0 Å². The van der Waals surface area contributed by atoms with Crippen LogP contribution in [0.4, 0.5) is 35.1 Å². The Kier molecular flexibility index (Phi) is 5.53. The summed E-state index contributed by atoms with van der Waals surface area (Å²) in [5, 5.41) is 14.0. The number of aromatic nitrogens is 4. The number of nitrogens with zero attached hydrogens (tertiary/aromatic N) is 6. The lowest BCUT2D eigenvalue weighted by Gasteiger charge is -2.35. The molecule has 1 aliphatic rings. The largest absolute Gasteiger partial charge is 0.419 e. The summed E-state index contributed by atoms with van der Waals surface area (Å²) in [5.41, 5.74) is -0.406. The van der Waals surface area contributed by atoms with E-state index in [1.54, 1.807) is 16.5 Å². The van der Waals surface area contributed by atoms with E-state index in [0.29, 0.717) is 29.4 Å². The molecule has 0 bridgehead atoms. The highest BCUT2D eigenvalue weighted by Gasteiger charge is 2.33. The van der Waals surface area contributed by atoms with Crippen molar-refractivity contribution in [2.45, 2.75) is 24.8 Å². The van der Waals surface area contributed by atoms with Crippen LogP contribution in [0.2, 0.25) is 5.02 Å². The number of rotatable bonds is 4. The molecule has 14 heteroatoms. The van der Waals surface area contributed by atoms with Crippen LogP contribution in [0.5, 0.6) is 0 Å². The first-order valence-corrected chi connectivity index (χ1v) is 9.76. The molecule has 1 aromatic carbocycles. The number of alkyl halides is 4. The van der Waals surface area contributed by atoms with Crippen LogP contribution in [0.25, 0.3) is 11.0 Å². The van der Waals surface area contributed by atoms with Gasteiger partial charge in [-0.05, 0) is 6.07 Å². The number of nitro benzene ring substituents is 1. The van der Waals surface area contributed by atoms with Gasteiger partial charge in [0.2, 0.25) is 11.9 Å². The lowest BCUT2D eigenvalue weighted by atomic mass is 10.0. The molecule has 1 N–H and O–H groups in total. The molecule has 2 atom stereocenters. The smallest absolute Gasteiger partial charge is 0.350 e. The van der Waals surface area contributed by atoms with Crippen LogP contribution in [0, 0.1) is 10.1 Å². The maximum Gasteiger partial charge on any atom is 0.419 e. The number of imidazole rings is 1. The van der Waals surface area contributed by atoms with Gasteiger partial charge in [-0.15, -0.1) is 0 Å². The van der Waals surface area contributed by atoms with Crippen molar-refractivity contribution in [2.75, 3.05) is 23.3 Å². The molecule has 0 spiro atoms. The fourth-order valence-electron chi connectivity index (χ4n) is 3.65. The highest BCUT2D eigenvalue weighted by molar-refractivity contribution is 6.33. The first-order valence-electron chi connectivity index (χ1n) is 9.38. The van der Waals surface area contributed by atoms with Crippen molar-refractivity contribution < 1.29 is 22.5 Å². The standard InChI is InChI=1S/C18H16ClF4N7O2/c1-28-15-3-12(19)14(30(31)32)4-13(15)27-17(28)29-7-10(20)2-11(8-29)26-16-24-5-9(6-25-16)18(21,22)23/h3-6,10-11H,2,7-8H2,1H3,(H,24,25,26)/t10-,11-/m1/s1. The Labute approximate surface area is 183 Å². The van der Waals surface area contributed by atoms with E-state index in [4.69, 9.17) is 11.6 Å². The average Bonchev–Trinajstić information content (AvgIpc) is 3.02. The van der Waals surface area contributed by atoms with Crippen LogP contribution in [0.3, 0.4) is 0 Å². The van der Waals surface area contributed by atoms with E-state index in [1.807, 2.05) is 0 Å². The Morgan fingerprint density at radius 1 is 1.25 bits per heavy atom. The van der Waals surface area contributed by atoms with Crippen molar-refractivity contribution in [3.05, 3.63) is 45.2 Å². The van der Waals surface area contributed by atoms with Gasteiger partial charge in [-0.1, -0.05) is 11.6 Å². The molecular formula is C18H16ClF4N7O2. The third-order valence-corrected chi connectivity index (χ3v) is 5.42. The Bertz CT molecular complexity index is 1170. The summed E-state index contributed by atoms with van der Waals surface area (Å²) in [6.45, 7) is 0.289. The molecule has 1 saturated heterocycles. The number of hydrogen-bond acceptors (Lipinski definition) is 7. The molecule has 0 amide bonds. The van der Waals surface area contributed by atoms with E-state index in [1.165, 1.54) is 12.1 Å². The van der Waals surface area contributed by atoms with Gasteiger partial charge in [0, 0.05) is 44.5 Å². The second-order valence-corrected chi connectivity index (χ2v) is 7.80. The maximum atomic E-state index is 14.5. The van der Waals surface area contributed by atoms with Crippen LogP contribution in [-0.2, 0) is 13.2 Å². The van der Waals surface area contributed by atoms with Crippen molar-refractivity contribution >= 4 is 40.2 Å². The van der Waals surface area contributed by atoms with E-state index in [9.17, 15) is 27.7 Å². The molecule has 4 rings (SSSR count). The summed E-state index contributed by atoms with van der Waals surface area (Å²) in [4.78, 5) is 23.9. The first-order chi connectivity index (χ1) is 15.0. The van der Waals surface area contributed by atoms with Crippen molar-refractivity contribution in [1.82, 2.24) is 19.5 Å². The van der Waals surface area contributed by atoms with Gasteiger partial charge < -0.3 is 14.8 Å². The number of aryl methyl sites for hydroxylation is 1. The third kappa shape index (κ3) is 4.24. The number of halogens is 5. The number of nitrogens with one attached hydrogen (secondary N) is 1. The number of fused-ring (bicyclic) bond motifs is 1. The number of anilines is 2. The molecule has 0 aliphatic carbocycles. The lowest BCUT2D eigenvalue weighted by molar-refractivity contribution is -0.384. The molecule has 0 saturated carbocycles. The van der Waals surface area contributed by atoms with Gasteiger partial charge in [0.15, 0.2) is 0 Å². The third-order valence-electron chi connectivity index (χ3n) is 5.12. The van der Waals surface area contributed by atoms with Gasteiger partial charge in [-0.3, -0.25) is 10.1 Å². The minimum atomic E-state index is -4.55. The molecular weight excluding hydrogens is 458 g/mol. The highest BCUT2D eigenvalue weighted by atomic mass is 35.5. The number of benzene rings is 1. The van der Waals surface area contributed by atoms with Crippen molar-refractivity contribution in [2.24, 2.45) is 7.05 Å². The fourth-order valence-corrected chi connectivity index (χ4v) is 3.88. The second kappa shape index (κ2) is 8.04. The van der Waals surface area contributed by atoms with Crippen molar-refractivity contribution in [3.63, 3.8) is 0 Å². The Morgan fingerprint density at radius 2 is 1.94 bits per heavy atom. The van der Waals surface area contributed by atoms with Crippen LogP contribution in [-0.4, -0.2) is 49.7 Å². The highest BCUT2D eigenvalue weighted by Crippen LogP contribution is 2.33. The van der Waals surface area contributed by atoms with Gasteiger partial charge in [0.05, 0.1) is 28.1 Å². The molecule has 170 valence electrons. The van der Waals surface area contributed by atoms with Gasteiger partial charge in [0.25, 0.3) is 5.69 Å². The molecule has 32 heavy (non-hydrogen) atoms. The number of nitro groups is 1. The maximum absolute atomic E-state index is 14.5. The second-order valence-electron chi connectivity index (χ2n) is 7.39. The van der Waals surface area contributed by atoms with Gasteiger partial charge in [0.1, 0.15) is 11.2 Å². The molecule has 3 heterocycles. The summed E-state index contributed by atoms with van der Waals surface area (Å²) < 4.78 is 54.2. The topological polar surface area (TPSA) is 102 Å². The summed E-state index contributed by atoms with van der Waals surface area (Å²) in [6, 6.07) is 2.17. The Balaban J connectivity index is 1.57. The fraction of sp³-hybridized carbons (Fsp3) is 0.389. The van der Waals surface area contributed by atoms with E-state index in [-0.39, 0.29) is 36.2 Å². The molecule has 1 fully saturated rings. The average molecular weight is 474 g/mol.